The fraction of sp³-hybridized carbons (Fsp3) is 0.0714. The maximum absolute atomic E-state index is 13.0. The fourth-order valence-corrected chi connectivity index (χ4v) is 2.21. The Labute approximate surface area is 117 Å². The molecule has 0 amide bonds. The molecule has 0 fully saturated rings. The molecule has 96 valence electrons. The molecule has 0 spiro atoms. The molecule has 0 aliphatic rings. The van der Waals surface area contributed by atoms with Crippen LogP contribution in [0.25, 0.3) is 0 Å². The van der Waals surface area contributed by atoms with Crippen LogP contribution in [0.2, 0.25) is 0 Å². The van der Waals surface area contributed by atoms with Gasteiger partial charge in [-0.25, -0.2) is 8.78 Å². The minimum atomic E-state index is -0.652. The predicted molar refractivity (Wildman–Crippen MR) is 72.5 cm³/mol. The highest BCUT2D eigenvalue weighted by Crippen LogP contribution is 2.27. The van der Waals surface area contributed by atoms with Crippen molar-refractivity contribution in [2.45, 2.75) is 6.04 Å². The number of halogens is 3. The lowest BCUT2D eigenvalue weighted by Crippen LogP contribution is -2.09. The summed E-state index contributed by atoms with van der Waals surface area (Å²) < 4.78 is 26.3. The Balaban J connectivity index is 2.25. The molecule has 0 aliphatic heterocycles. The maximum Gasteiger partial charge on any atom is 0.141 e. The monoisotopic (exact) mass is 322 g/mol. The summed E-state index contributed by atoms with van der Waals surface area (Å²) >= 11 is 3.22. The molecular weight excluding hydrogens is 314 g/mol. The van der Waals surface area contributed by atoms with Crippen LogP contribution in [0, 0.1) is 23.0 Å². The van der Waals surface area contributed by atoms with E-state index in [0.29, 0.717) is 15.7 Å². The van der Waals surface area contributed by atoms with Gasteiger partial charge in [-0.3, -0.25) is 0 Å². The zero-order valence-corrected chi connectivity index (χ0v) is 11.3. The molecule has 2 aromatic carbocycles. The molecule has 2 rings (SSSR count). The third-order valence-electron chi connectivity index (χ3n) is 2.56. The number of rotatable bonds is 3. The van der Waals surface area contributed by atoms with Crippen molar-refractivity contribution in [3.63, 3.8) is 0 Å². The van der Waals surface area contributed by atoms with Crippen molar-refractivity contribution >= 4 is 21.6 Å². The second kappa shape index (κ2) is 5.81. The minimum absolute atomic E-state index is 0.345. The molecule has 0 aromatic heterocycles. The molecule has 19 heavy (non-hydrogen) atoms. The Morgan fingerprint density at radius 1 is 1.05 bits per heavy atom. The lowest BCUT2D eigenvalue weighted by atomic mass is 10.1. The highest BCUT2D eigenvalue weighted by atomic mass is 79.9. The van der Waals surface area contributed by atoms with E-state index in [1.165, 1.54) is 42.5 Å². The number of nitrogens with zero attached hydrogens (tertiary/aromatic N) is 1. The summed E-state index contributed by atoms with van der Waals surface area (Å²) in [6.45, 7) is 0. The lowest BCUT2D eigenvalue weighted by molar-refractivity contribution is 0.625. The van der Waals surface area contributed by atoms with Crippen molar-refractivity contribution in [1.29, 1.82) is 5.26 Å². The van der Waals surface area contributed by atoms with E-state index in [0.717, 1.165) is 0 Å². The van der Waals surface area contributed by atoms with Crippen molar-refractivity contribution in [3.05, 3.63) is 64.1 Å². The van der Waals surface area contributed by atoms with Gasteiger partial charge in [0.05, 0.1) is 6.07 Å². The van der Waals surface area contributed by atoms with Crippen molar-refractivity contribution in [2.75, 3.05) is 5.32 Å². The van der Waals surface area contributed by atoms with E-state index < -0.39 is 6.04 Å². The Kier molecular flexibility index (Phi) is 4.13. The summed E-state index contributed by atoms with van der Waals surface area (Å²) in [5.41, 5.74) is 1.23. The quantitative estimate of drug-likeness (QED) is 0.908. The first-order chi connectivity index (χ1) is 9.10. The molecule has 2 aromatic rings. The van der Waals surface area contributed by atoms with Crippen LogP contribution >= 0.6 is 15.9 Å². The number of benzene rings is 2. The first-order valence-electron chi connectivity index (χ1n) is 5.47. The Bertz CT molecular complexity index is 620. The second-order valence-electron chi connectivity index (χ2n) is 3.88. The SMILES string of the molecule is N#CC(Nc1ccc(F)cc1)c1ccc(F)cc1Br. The Morgan fingerprint density at radius 3 is 2.26 bits per heavy atom. The number of hydrogen-bond acceptors (Lipinski definition) is 2. The van der Waals surface area contributed by atoms with Gasteiger partial charge in [0.2, 0.25) is 0 Å². The number of nitriles is 1. The van der Waals surface area contributed by atoms with Gasteiger partial charge in [-0.15, -0.1) is 0 Å². The number of anilines is 1. The molecule has 0 heterocycles. The summed E-state index contributed by atoms with van der Waals surface area (Å²) in [5, 5.41) is 12.1. The van der Waals surface area contributed by atoms with Gasteiger partial charge in [0.15, 0.2) is 0 Å². The van der Waals surface area contributed by atoms with E-state index in [-0.39, 0.29) is 11.6 Å². The Morgan fingerprint density at radius 2 is 1.68 bits per heavy atom. The zero-order chi connectivity index (χ0) is 13.8. The molecule has 0 saturated heterocycles. The van der Waals surface area contributed by atoms with Gasteiger partial charge in [0.1, 0.15) is 17.7 Å². The third kappa shape index (κ3) is 3.30. The van der Waals surface area contributed by atoms with Crippen molar-refractivity contribution in [3.8, 4) is 6.07 Å². The van der Waals surface area contributed by atoms with Gasteiger partial charge >= 0.3 is 0 Å². The van der Waals surface area contributed by atoms with E-state index in [2.05, 4.69) is 27.3 Å². The van der Waals surface area contributed by atoms with Crippen LogP contribution in [-0.4, -0.2) is 0 Å². The van der Waals surface area contributed by atoms with E-state index in [1.54, 1.807) is 0 Å². The second-order valence-corrected chi connectivity index (χ2v) is 4.73. The summed E-state index contributed by atoms with van der Waals surface area (Å²) in [4.78, 5) is 0. The first-order valence-corrected chi connectivity index (χ1v) is 6.26. The molecule has 1 atom stereocenters. The lowest BCUT2D eigenvalue weighted by Gasteiger charge is -2.14. The van der Waals surface area contributed by atoms with Crippen LogP contribution in [-0.2, 0) is 0 Å². The van der Waals surface area contributed by atoms with Crippen molar-refractivity contribution in [2.24, 2.45) is 0 Å². The normalized spacial score (nSPS) is 11.7. The Hall–Kier alpha value is -1.93. The molecule has 1 unspecified atom stereocenters. The average Bonchev–Trinajstić information content (AvgIpc) is 2.39. The predicted octanol–water partition coefficient (Wildman–Crippen LogP) is 4.40. The molecule has 0 radical (unpaired) electrons. The first kappa shape index (κ1) is 13.5. The summed E-state index contributed by atoms with van der Waals surface area (Å²) in [6.07, 6.45) is 0. The molecule has 0 aliphatic carbocycles. The number of nitrogens with one attached hydrogen (secondary N) is 1. The molecule has 0 saturated carbocycles. The van der Waals surface area contributed by atoms with Gasteiger partial charge in [0.25, 0.3) is 0 Å². The third-order valence-corrected chi connectivity index (χ3v) is 3.24. The van der Waals surface area contributed by atoms with E-state index >= 15 is 0 Å². The van der Waals surface area contributed by atoms with Gasteiger partial charge < -0.3 is 5.32 Å². The van der Waals surface area contributed by atoms with Crippen LogP contribution < -0.4 is 5.32 Å². The van der Waals surface area contributed by atoms with Gasteiger partial charge in [0, 0.05) is 15.7 Å². The van der Waals surface area contributed by atoms with E-state index in [4.69, 9.17) is 0 Å². The van der Waals surface area contributed by atoms with Crippen molar-refractivity contribution < 1.29 is 8.78 Å². The highest BCUT2D eigenvalue weighted by molar-refractivity contribution is 9.10. The molecule has 0 bridgehead atoms. The zero-order valence-electron chi connectivity index (χ0n) is 9.70. The standard InChI is InChI=1S/C14H9BrF2N2/c15-13-7-10(17)3-6-12(13)14(8-18)19-11-4-1-9(16)2-5-11/h1-7,14,19H. The summed E-state index contributed by atoms with van der Waals surface area (Å²) in [7, 11) is 0. The van der Waals surface area contributed by atoms with Gasteiger partial charge in [-0.1, -0.05) is 22.0 Å². The topological polar surface area (TPSA) is 35.8 Å². The van der Waals surface area contributed by atoms with Crippen LogP contribution in [0.1, 0.15) is 11.6 Å². The highest BCUT2D eigenvalue weighted by Gasteiger charge is 2.14. The van der Waals surface area contributed by atoms with Gasteiger partial charge in [-0.05, 0) is 36.4 Å². The van der Waals surface area contributed by atoms with Crippen LogP contribution in [0.3, 0.4) is 0 Å². The summed E-state index contributed by atoms with van der Waals surface area (Å²) in [5.74, 6) is -0.726. The molecule has 5 heteroatoms. The smallest absolute Gasteiger partial charge is 0.141 e. The van der Waals surface area contributed by atoms with Crippen LogP contribution in [0.4, 0.5) is 14.5 Å². The molecular formula is C14H9BrF2N2. The van der Waals surface area contributed by atoms with E-state index in [9.17, 15) is 14.0 Å². The number of hydrogen-bond donors (Lipinski definition) is 1. The summed E-state index contributed by atoms with van der Waals surface area (Å²) in [6, 6.07) is 11.2. The average molecular weight is 323 g/mol. The van der Waals surface area contributed by atoms with Gasteiger partial charge in [-0.2, -0.15) is 5.26 Å². The molecule has 1 N–H and O–H groups in total. The largest absolute Gasteiger partial charge is 0.366 e. The van der Waals surface area contributed by atoms with Crippen molar-refractivity contribution in [1.82, 2.24) is 0 Å². The fourth-order valence-electron chi connectivity index (χ4n) is 1.63. The molecule has 2 nitrogen and oxygen atoms in total. The van der Waals surface area contributed by atoms with Crippen LogP contribution in [0.5, 0.6) is 0 Å². The van der Waals surface area contributed by atoms with Crippen LogP contribution in [0.15, 0.2) is 46.9 Å². The minimum Gasteiger partial charge on any atom is -0.366 e. The maximum atomic E-state index is 13.0. The van der Waals surface area contributed by atoms with E-state index in [1.807, 2.05) is 0 Å².